The zero-order chi connectivity index (χ0) is 14.0. The van der Waals surface area contributed by atoms with Crippen LogP contribution in [0.5, 0.6) is 0 Å². The minimum Gasteiger partial charge on any atom is -0.388 e. The maximum Gasteiger partial charge on any atom is 0.123 e. The van der Waals surface area contributed by atoms with Gasteiger partial charge < -0.3 is 15.7 Å². The highest BCUT2D eigenvalue weighted by molar-refractivity contribution is 5.54. The molecular weight excluding hydrogens is 243 g/mol. The predicted octanol–water partition coefficient (Wildman–Crippen LogP) is 2.59. The van der Waals surface area contributed by atoms with Crippen molar-refractivity contribution in [3.8, 4) is 0 Å². The van der Waals surface area contributed by atoms with E-state index in [4.69, 9.17) is 5.73 Å². The smallest absolute Gasteiger partial charge is 0.123 e. The average molecular weight is 266 g/mol. The van der Waals surface area contributed by atoms with Crippen LogP contribution in [-0.4, -0.2) is 24.3 Å². The summed E-state index contributed by atoms with van der Waals surface area (Å²) >= 11 is 0. The fraction of sp³-hybridized carbons (Fsp3) is 0.600. The largest absolute Gasteiger partial charge is 0.388 e. The van der Waals surface area contributed by atoms with Gasteiger partial charge in [-0.25, -0.2) is 4.39 Å². The number of benzene rings is 1. The van der Waals surface area contributed by atoms with Crippen LogP contribution >= 0.6 is 0 Å². The molecule has 0 heterocycles. The molecule has 2 rings (SSSR count). The maximum atomic E-state index is 13.3. The Hall–Kier alpha value is -1.13. The quantitative estimate of drug-likeness (QED) is 0.880. The third kappa shape index (κ3) is 3.25. The van der Waals surface area contributed by atoms with Crippen LogP contribution in [0.3, 0.4) is 0 Å². The number of hydrogen-bond donors (Lipinski definition) is 2. The Labute approximate surface area is 114 Å². The molecule has 0 radical (unpaired) electrons. The number of nitrogens with zero attached hydrogens (tertiary/aromatic N) is 1. The molecule has 4 heteroatoms. The minimum atomic E-state index is -0.613. The lowest BCUT2D eigenvalue weighted by Gasteiger charge is -2.31. The zero-order valence-electron chi connectivity index (χ0n) is 11.7. The van der Waals surface area contributed by atoms with Crippen molar-refractivity contribution in [1.82, 2.24) is 0 Å². The fourth-order valence-corrected chi connectivity index (χ4v) is 2.96. The van der Waals surface area contributed by atoms with Gasteiger partial charge >= 0.3 is 0 Å². The Balaban J connectivity index is 2.20. The van der Waals surface area contributed by atoms with Crippen LogP contribution < -0.4 is 10.6 Å². The van der Waals surface area contributed by atoms with Crippen molar-refractivity contribution in [1.29, 1.82) is 0 Å². The highest BCUT2D eigenvalue weighted by Crippen LogP contribution is 2.33. The summed E-state index contributed by atoms with van der Waals surface area (Å²) in [4.78, 5) is 1.99. The summed E-state index contributed by atoms with van der Waals surface area (Å²) in [5.41, 5.74) is 6.97. The van der Waals surface area contributed by atoms with Crippen LogP contribution in [0.15, 0.2) is 18.2 Å². The molecule has 1 aromatic rings. The van der Waals surface area contributed by atoms with Gasteiger partial charge in [0.25, 0.3) is 0 Å². The van der Waals surface area contributed by atoms with Gasteiger partial charge in [-0.1, -0.05) is 12.8 Å². The first-order valence-corrected chi connectivity index (χ1v) is 6.90. The number of likely N-dealkylation sites (N-methyl/N-ethyl adjacent to an activating group) is 1. The highest BCUT2D eigenvalue weighted by Gasteiger charge is 2.32. The lowest BCUT2D eigenvalue weighted by Crippen LogP contribution is -2.39. The minimum absolute atomic E-state index is 0.230. The van der Waals surface area contributed by atoms with Gasteiger partial charge in [-0.3, -0.25) is 0 Å². The van der Waals surface area contributed by atoms with E-state index >= 15 is 0 Å². The number of nitrogens with two attached hydrogens (primary N) is 1. The predicted molar refractivity (Wildman–Crippen MR) is 75.7 cm³/mol. The normalized spacial score (nSPS) is 19.4. The average Bonchev–Trinajstić information content (AvgIpc) is 2.75. The van der Waals surface area contributed by atoms with Crippen molar-refractivity contribution >= 4 is 5.69 Å². The fourth-order valence-electron chi connectivity index (χ4n) is 2.96. The molecule has 0 aromatic heterocycles. The Kier molecular flexibility index (Phi) is 4.11. The van der Waals surface area contributed by atoms with Crippen molar-refractivity contribution in [3.05, 3.63) is 29.6 Å². The standard InChI is InChI=1S/C15H23FN2O/c1-11(17)13-9-12(16)5-6-14(13)18(2)10-15(19)7-3-4-8-15/h5-6,9,11,19H,3-4,7-8,10,17H2,1-2H3/t11-/m1/s1. The summed E-state index contributed by atoms with van der Waals surface area (Å²) in [7, 11) is 1.93. The molecule has 19 heavy (non-hydrogen) atoms. The molecule has 0 spiro atoms. The molecule has 106 valence electrons. The summed E-state index contributed by atoms with van der Waals surface area (Å²) < 4.78 is 13.3. The Bertz CT molecular complexity index is 442. The summed E-state index contributed by atoms with van der Waals surface area (Å²) in [5.74, 6) is -0.274. The van der Waals surface area contributed by atoms with Crippen LogP contribution in [0.4, 0.5) is 10.1 Å². The molecular formula is C15H23FN2O. The topological polar surface area (TPSA) is 49.5 Å². The number of aliphatic hydroxyl groups is 1. The SMILES string of the molecule is C[C@@H](N)c1cc(F)ccc1N(C)CC1(O)CCCC1. The summed E-state index contributed by atoms with van der Waals surface area (Å²) in [6.07, 6.45) is 3.83. The van der Waals surface area contributed by atoms with E-state index < -0.39 is 5.60 Å². The lowest BCUT2D eigenvalue weighted by molar-refractivity contribution is 0.0559. The Morgan fingerprint density at radius 3 is 2.63 bits per heavy atom. The zero-order valence-corrected chi connectivity index (χ0v) is 11.7. The molecule has 3 N–H and O–H groups in total. The van der Waals surface area contributed by atoms with Gasteiger partial charge in [-0.15, -0.1) is 0 Å². The lowest BCUT2D eigenvalue weighted by atomic mass is 10.00. The van der Waals surface area contributed by atoms with Gasteiger partial charge in [0.15, 0.2) is 0 Å². The molecule has 0 aliphatic heterocycles. The van der Waals surface area contributed by atoms with Crippen LogP contribution in [-0.2, 0) is 0 Å². The molecule has 0 saturated heterocycles. The maximum absolute atomic E-state index is 13.3. The third-order valence-electron chi connectivity index (χ3n) is 3.96. The van der Waals surface area contributed by atoms with Crippen LogP contribution in [0.25, 0.3) is 0 Å². The molecule has 1 fully saturated rings. The van der Waals surface area contributed by atoms with Crippen LogP contribution in [0.1, 0.15) is 44.2 Å². The third-order valence-corrected chi connectivity index (χ3v) is 3.96. The van der Waals surface area contributed by atoms with Gasteiger partial charge in [0.1, 0.15) is 5.82 Å². The molecule has 0 bridgehead atoms. The highest BCUT2D eigenvalue weighted by atomic mass is 19.1. The first-order chi connectivity index (χ1) is 8.91. The van der Waals surface area contributed by atoms with Gasteiger partial charge in [0, 0.05) is 25.3 Å². The molecule has 1 aromatic carbocycles. The molecule has 3 nitrogen and oxygen atoms in total. The first-order valence-electron chi connectivity index (χ1n) is 6.90. The molecule has 1 saturated carbocycles. The van der Waals surface area contributed by atoms with Crippen LogP contribution in [0.2, 0.25) is 0 Å². The monoisotopic (exact) mass is 266 g/mol. The molecule has 0 unspecified atom stereocenters. The Morgan fingerprint density at radius 2 is 2.05 bits per heavy atom. The van der Waals surface area contributed by atoms with Crippen molar-refractivity contribution in [2.75, 3.05) is 18.5 Å². The van der Waals surface area contributed by atoms with Gasteiger partial charge in [-0.05, 0) is 43.5 Å². The summed E-state index contributed by atoms with van der Waals surface area (Å²) in [6, 6.07) is 4.43. The molecule has 1 aliphatic carbocycles. The van der Waals surface area contributed by atoms with E-state index in [0.29, 0.717) is 6.54 Å². The molecule has 0 amide bonds. The number of hydrogen-bond acceptors (Lipinski definition) is 3. The van der Waals surface area contributed by atoms with E-state index in [1.165, 1.54) is 12.1 Å². The molecule has 1 aliphatic rings. The van der Waals surface area contributed by atoms with Gasteiger partial charge in [0.05, 0.1) is 5.60 Å². The second kappa shape index (κ2) is 5.47. The van der Waals surface area contributed by atoms with Crippen molar-refractivity contribution in [3.63, 3.8) is 0 Å². The van der Waals surface area contributed by atoms with Crippen molar-refractivity contribution in [2.45, 2.75) is 44.2 Å². The van der Waals surface area contributed by atoms with Crippen molar-refractivity contribution in [2.24, 2.45) is 5.73 Å². The van der Waals surface area contributed by atoms with E-state index in [1.807, 2.05) is 18.9 Å². The van der Waals surface area contributed by atoms with E-state index in [0.717, 1.165) is 36.9 Å². The molecule has 1 atom stereocenters. The van der Waals surface area contributed by atoms with E-state index in [9.17, 15) is 9.50 Å². The number of anilines is 1. The van der Waals surface area contributed by atoms with Crippen molar-refractivity contribution < 1.29 is 9.50 Å². The number of rotatable bonds is 4. The van der Waals surface area contributed by atoms with E-state index in [1.54, 1.807) is 6.07 Å². The van der Waals surface area contributed by atoms with Gasteiger partial charge in [0.2, 0.25) is 0 Å². The van der Waals surface area contributed by atoms with E-state index in [-0.39, 0.29) is 11.9 Å². The second-order valence-electron chi connectivity index (χ2n) is 5.78. The van der Waals surface area contributed by atoms with Crippen LogP contribution in [0, 0.1) is 5.82 Å². The van der Waals surface area contributed by atoms with Gasteiger partial charge in [-0.2, -0.15) is 0 Å². The second-order valence-corrected chi connectivity index (χ2v) is 5.78. The summed E-state index contributed by atoms with van der Waals surface area (Å²) in [6.45, 7) is 2.41. The summed E-state index contributed by atoms with van der Waals surface area (Å²) in [5, 5.41) is 10.5. The number of halogens is 1. The van der Waals surface area contributed by atoms with E-state index in [2.05, 4.69) is 0 Å². The Morgan fingerprint density at radius 1 is 1.42 bits per heavy atom. The first kappa shape index (κ1) is 14.3.